The lowest BCUT2D eigenvalue weighted by Crippen LogP contribution is -2.31. The number of nitrogens with one attached hydrogen (secondary N) is 1. The second-order valence-electron chi connectivity index (χ2n) is 5.09. The third kappa shape index (κ3) is 4.65. The van der Waals surface area contributed by atoms with Gasteiger partial charge in [0.1, 0.15) is 11.6 Å². The molecule has 24 heavy (non-hydrogen) atoms. The Morgan fingerprint density at radius 1 is 1.50 bits per heavy atom. The van der Waals surface area contributed by atoms with Gasteiger partial charge < -0.3 is 10.1 Å². The van der Waals surface area contributed by atoms with Crippen molar-refractivity contribution < 1.29 is 18.3 Å². The number of alkyl halides is 2. The fourth-order valence-electron chi connectivity index (χ4n) is 2.15. The van der Waals surface area contributed by atoms with Crippen LogP contribution in [-0.2, 0) is 11.3 Å². The molecular weight excluding hydrogens is 342 g/mol. The Hall–Kier alpha value is -2.19. The highest BCUT2D eigenvalue weighted by Crippen LogP contribution is 2.27. The molecule has 1 aromatic heterocycles. The van der Waals surface area contributed by atoms with Gasteiger partial charge in [-0.2, -0.15) is 8.78 Å². The van der Waals surface area contributed by atoms with Crippen LogP contribution in [0.25, 0.3) is 0 Å². The van der Waals surface area contributed by atoms with Gasteiger partial charge in [0.05, 0.1) is 25.9 Å². The molecule has 9 heteroatoms. The second kappa shape index (κ2) is 8.07. The van der Waals surface area contributed by atoms with E-state index in [1.54, 1.807) is 30.1 Å². The third-order valence-corrected chi connectivity index (χ3v) is 3.45. The van der Waals surface area contributed by atoms with E-state index in [1.165, 1.54) is 19.5 Å². The quantitative estimate of drug-likeness (QED) is 0.826. The number of imidazole rings is 1. The van der Waals surface area contributed by atoms with Crippen LogP contribution in [0, 0.1) is 0 Å². The maximum Gasteiger partial charge on any atom is 0.319 e. The number of benzene rings is 1. The van der Waals surface area contributed by atoms with Crippen LogP contribution in [0.1, 0.15) is 12.4 Å². The number of nitrogens with zero attached hydrogens (tertiary/aromatic N) is 3. The predicted octanol–water partition coefficient (Wildman–Crippen LogP) is 3.01. The number of hydrogen-bond donors (Lipinski definition) is 1. The number of likely N-dealkylation sites (N-methyl/N-ethyl adjacent to an activating group) is 1. The first-order chi connectivity index (χ1) is 11.4. The van der Waals surface area contributed by atoms with Crippen LogP contribution in [0.5, 0.6) is 5.75 Å². The number of rotatable bonds is 7. The maximum absolute atomic E-state index is 12.8. The number of anilines is 1. The molecule has 0 atom stereocenters. The van der Waals surface area contributed by atoms with Gasteiger partial charge in [-0.3, -0.25) is 14.3 Å². The van der Waals surface area contributed by atoms with Crippen molar-refractivity contribution in [1.29, 1.82) is 0 Å². The molecule has 0 spiro atoms. The number of ether oxygens (including phenoxy) is 1. The van der Waals surface area contributed by atoms with Crippen molar-refractivity contribution in [1.82, 2.24) is 14.5 Å². The minimum atomic E-state index is -2.67. The summed E-state index contributed by atoms with van der Waals surface area (Å²) in [6, 6.07) is 4.86. The Kier molecular flexibility index (Phi) is 6.10. The lowest BCUT2D eigenvalue weighted by Gasteiger charge is -2.17. The molecule has 0 aliphatic rings. The van der Waals surface area contributed by atoms with Crippen LogP contribution in [0.2, 0.25) is 5.02 Å². The zero-order chi connectivity index (χ0) is 17.7. The van der Waals surface area contributed by atoms with Gasteiger partial charge in [-0.05, 0) is 25.2 Å². The van der Waals surface area contributed by atoms with E-state index in [2.05, 4.69) is 10.3 Å². The summed E-state index contributed by atoms with van der Waals surface area (Å²) >= 11 is 5.91. The summed E-state index contributed by atoms with van der Waals surface area (Å²) in [5.74, 6) is 0.331. The second-order valence-corrected chi connectivity index (χ2v) is 5.53. The van der Waals surface area contributed by atoms with Crippen molar-refractivity contribution in [3.05, 3.63) is 41.4 Å². The van der Waals surface area contributed by atoms with Gasteiger partial charge in [0, 0.05) is 17.4 Å². The molecule has 1 aromatic carbocycles. The van der Waals surface area contributed by atoms with Crippen LogP contribution >= 0.6 is 11.6 Å². The van der Waals surface area contributed by atoms with Crippen LogP contribution in [-0.4, -0.2) is 41.1 Å². The van der Waals surface area contributed by atoms with E-state index in [0.29, 0.717) is 16.5 Å². The predicted molar refractivity (Wildman–Crippen MR) is 86.4 cm³/mol. The lowest BCUT2D eigenvalue weighted by molar-refractivity contribution is -0.117. The smallest absolute Gasteiger partial charge is 0.319 e. The molecule has 2 rings (SSSR count). The molecule has 0 fully saturated rings. The van der Waals surface area contributed by atoms with Crippen LogP contribution in [0.4, 0.5) is 14.5 Å². The van der Waals surface area contributed by atoms with Crippen molar-refractivity contribution >= 4 is 23.2 Å². The van der Waals surface area contributed by atoms with Crippen molar-refractivity contribution in [3.63, 3.8) is 0 Å². The number of halogens is 3. The van der Waals surface area contributed by atoms with E-state index in [0.717, 1.165) is 4.57 Å². The summed E-state index contributed by atoms with van der Waals surface area (Å²) in [5, 5.41) is 3.14. The third-order valence-electron chi connectivity index (χ3n) is 3.22. The largest absolute Gasteiger partial charge is 0.495 e. The highest BCUT2D eigenvalue weighted by molar-refractivity contribution is 6.31. The summed E-state index contributed by atoms with van der Waals surface area (Å²) in [4.78, 5) is 17.6. The number of aromatic nitrogens is 2. The normalized spacial score (nSPS) is 11.1. The number of methoxy groups -OCH3 is 1. The molecule has 0 bridgehead atoms. The van der Waals surface area contributed by atoms with E-state index in [-0.39, 0.29) is 24.8 Å². The van der Waals surface area contributed by atoms with Crippen molar-refractivity contribution in [2.75, 3.05) is 26.0 Å². The van der Waals surface area contributed by atoms with Crippen LogP contribution in [0.15, 0.2) is 30.6 Å². The molecule has 2 aromatic rings. The van der Waals surface area contributed by atoms with Gasteiger partial charge in [0.25, 0.3) is 0 Å². The monoisotopic (exact) mass is 358 g/mol. The molecule has 0 saturated carbocycles. The summed E-state index contributed by atoms with van der Waals surface area (Å²) in [6.45, 7) is -2.57. The molecular formula is C15H17ClF2N4O2. The van der Waals surface area contributed by atoms with E-state index >= 15 is 0 Å². The summed E-state index contributed by atoms with van der Waals surface area (Å²) in [6.07, 6.45) is 2.50. The Morgan fingerprint density at radius 2 is 2.25 bits per heavy atom. The van der Waals surface area contributed by atoms with E-state index in [1.807, 2.05) is 0 Å². The zero-order valence-electron chi connectivity index (χ0n) is 13.2. The highest BCUT2D eigenvalue weighted by atomic mass is 35.5. The molecule has 6 nitrogen and oxygen atoms in total. The van der Waals surface area contributed by atoms with Crippen LogP contribution < -0.4 is 10.1 Å². The summed E-state index contributed by atoms with van der Waals surface area (Å²) in [5.41, 5.74) is 0.442. The molecule has 130 valence electrons. The topological polar surface area (TPSA) is 59.4 Å². The molecule has 1 heterocycles. The molecule has 0 aliphatic carbocycles. The minimum absolute atomic E-state index is 0.00817. The number of carbonyl (C=O) groups excluding carboxylic acids is 1. The molecule has 1 amide bonds. The summed E-state index contributed by atoms with van der Waals surface area (Å²) < 4.78 is 31.5. The summed E-state index contributed by atoms with van der Waals surface area (Å²) in [7, 11) is 3.12. The molecule has 1 N–H and O–H groups in total. The number of carbonyl (C=O) groups is 1. The Bertz CT molecular complexity index is 709. The van der Waals surface area contributed by atoms with Gasteiger partial charge in [-0.15, -0.1) is 0 Å². The molecule has 0 radical (unpaired) electrons. The fraction of sp³-hybridized carbons (Fsp3) is 0.333. The first kappa shape index (κ1) is 18.2. The van der Waals surface area contributed by atoms with Crippen LogP contribution in [0.3, 0.4) is 0 Å². The number of amides is 1. The fourth-order valence-corrected chi connectivity index (χ4v) is 2.33. The van der Waals surface area contributed by atoms with E-state index in [4.69, 9.17) is 16.3 Å². The average Bonchev–Trinajstić information content (AvgIpc) is 2.95. The standard InChI is InChI=1S/C15H17ClF2N4O2/c1-21(8-13-19-5-6-22(13)15(17)18)9-14(23)20-11-7-10(16)3-4-12(11)24-2/h3-7,15H,8-9H2,1-2H3,(H,20,23). The first-order valence-electron chi connectivity index (χ1n) is 7.02. The molecule has 0 unspecified atom stereocenters. The Labute approximate surface area is 143 Å². The van der Waals surface area contributed by atoms with Gasteiger partial charge in [0.2, 0.25) is 5.91 Å². The van der Waals surface area contributed by atoms with E-state index < -0.39 is 6.55 Å². The Morgan fingerprint density at radius 3 is 2.92 bits per heavy atom. The van der Waals surface area contributed by atoms with Gasteiger partial charge in [-0.25, -0.2) is 4.98 Å². The van der Waals surface area contributed by atoms with Crippen molar-refractivity contribution in [3.8, 4) is 5.75 Å². The first-order valence-corrected chi connectivity index (χ1v) is 7.40. The zero-order valence-corrected chi connectivity index (χ0v) is 13.9. The molecule has 0 saturated heterocycles. The average molecular weight is 359 g/mol. The SMILES string of the molecule is COc1ccc(Cl)cc1NC(=O)CN(C)Cc1nccn1C(F)F. The number of hydrogen-bond acceptors (Lipinski definition) is 4. The Balaban J connectivity index is 1.97. The van der Waals surface area contributed by atoms with E-state index in [9.17, 15) is 13.6 Å². The lowest BCUT2D eigenvalue weighted by atomic mass is 10.3. The van der Waals surface area contributed by atoms with Gasteiger partial charge >= 0.3 is 6.55 Å². The highest BCUT2D eigenvalue weighted by Gasteiger charge is 2.15. The maximum atomic E-state index is 12.8. The van der Waals surface area contributed by atoms with Gasteiger partial charge in [-0.1, -0.05) is 11.6 Å². The molecule has 0 aliphatic heterocycles. The van der Waals surface area contributed by atoms with Crippen molar-refractivity contribution in [2.45, 2.75) is 13.1 Å². The van der Waals surface area contributed by atoms with Gasteiger partial charge in [0.15, 0.2) is 0 Å². The minimum Gasteiger partial charge on any atom is -0.495 e. The van der Waals surface area contributed by atoms with Crippen molar-refractivity contribution in [2.24, 2.45) is 0 Å².